The summed E-state index contributed by atoms with van der Waals surface area (Å²) in [6, 6.07) is 0. The van der Waals surface area contributed by atoms with Gasteiger partial charge in [0.15, 0.2) is 0 Å². The second-order valence-electron chi connectivity index (χ2n) is 5.52. The quantitative estimate of drug-likeness (QED) is 0.659. The maximum absolute atomic E-state index is 9.74. The van der Waals surface area contributed by atoms with Crippen LogP contribution in [0.25, 0.3) is 0 Å². The molecule has 0 radical (unpaired) electrons. The summed E-state index contributed by atoms with van der Waals surface area (Å²) >= 11 is 0. The van der Waals surface area contributed by atoms with Crippen LogP contribution in [0.3, 0.4) is 0 Å². The number of hydrogen-bond acceptors (Lipinski definition) is 2. The highest BCUT2D eigenvalue weighted by atomic mass is 28.3. The minimum atomic E-state index is -0.970. The highest BCUT2D eigenvalue weighted by Gasteiger charge is 2.33. The summed E-state index contributed by atoms with van der Waals surface area (Å²) in [6.07, 6.45) is 2.17. The molecule has 1 heterocycles. The van der Waals surface area contributed by atoms with Gasteiger partial charge in [-0.2, -0.15) is 0 Å². The molecule has 0 saturated carbocycles. The first-order valence-electron chi connectivity index (χ1n) is 4.73. The van der Waals surface area contributed by atoms with Gasteiger partial charge in [0.1, 0.15) is 0 Å². The Hall–Kier alpha value is 0.137. The van der Waals surface area contributed by atoms with Crippen molar-refractivity contribution in [2.45, 2.75) is 38.6 Å². The van der Waals surface area contributed by atoms with Crippen molar-refractivity contribution in [3.05, 3.63) is 0 Å². The van der Waals surface area contributed by atoms with Crippen molar-refractivity contribution in [1.29, 1.82) is 0 Å². The maximum atomic E-state index is 9.74. The van der Waals surface area contributed by atoms with Crippen LogP contribution in [0.2, 0.25) is 19.6 Å². The summed E-state index contributed by atoms with van der Waals surface area (Å²) in [7, 11) is -0.970. The van der Waals surface area contributed by atoms with Crippen molar-refractivity contribution in [3.8, 4) is 0 Å². The van der Waals surface area contributed by atoms with E-state index in [9.17, 15) is 5.11 Å². The van der Waals surface area contributed by atoms with Gasteiger partial charge in [-0.05, 0) is 19.5 Å². The summed E-state index contributed by atoms with van der Waals surface area (Å²) in [5.74, 6) is 0. The van der Waals surface area contributed by atoms with Gasteiger partial charge in [0.2, 0.25) is 0 Å². The number of aliphatic hydroxyl groups is 1. The second-order valence-corrected chi connectivity index (χ2v) is 11.0. The van der Waals surface area contributed by atoms with Gasteiger partial charge in [0.05, 0.1) is 13.7 Å². The Bertz CT molecular complexity index is 162. The largest absolute Gasteiger partial charge is 0.389 e. The minimum Gasteiger partial charge on any atom is -0.389 e. The molecule has 72 valence electrons. The number of β-amino-alcohol motifs (C(OH)–C–C–N with tert-alkyl or cyclic N) is 1. The molecule has 1 atom stereocenters. The van der Waals surface area contributed by atoms with Crippen molar-refractivity contribution in [2.75, 3.05) is 19.3 Å². The summed E-state index contributed by atoms with van der Waals surface area (Å²) in [5, 5.41) is 9.74. The first-order valence-corrected chi connectivity index (χ1v) is 8.44. The van der Waals surface area contributed by atoms with E-state index in [2.05, 4.69) is 24.5 Å². The number of nitrogens with zero attached hydrogens (tertiary/aromatic N) is 1. The average Bonchev–Trinajstić information content (AvgIpc) is 2.05. The van der Waals surface area contributed by atoms with E-state index < -0.39 is 13.7 Å². The molecule has 0 aromatic rings. The Morgan fingerprint density at radius 1 is 1.42 bits per heavy atom. The molecule has 0 aromatic heterocycles. The highest BCUT2D eigenvalue weighted by Crippen LogP contribution is 2.21. The maximum Gasteiger partial charge on any atom is 0.0758 e. The van der Waals surface area contributed by atoms with Crippen LogP contribution in [0.15, 0.2) is 0 Å². The predicted octanol–water partition coefficient (Wildman–Crippen LogP) is 1.32. The molecule has 0 spiro atoms. The first-order chi connectivity index (χ1) is 5.29. The zero-order chi connectivity index (χ0) is 9.41. The van der Waals surface area contributed by atoms with Crippen LogP contribution in [-0.2, 0) is 0 Å². The lowest BCUT2D eigenvalue weighted by atomic mass is 10.1. The lowest BCUT2D eigenvalue weighted by Crippen LogP contribution is -2.40. The molecule has 3 heteroatoms. The number of likely N-dealkylation sites (tertiary alicyclic amines) is 1. The van der Waals surface area contributed by atoms with E-state index in [-0.39, 0.29) is 0 Å². The van der Waals surface area contributed by atoms with E-state index in [1.165, 1.54) is 6.17 Å². The molecule has 1 rings (SSSR count). The Morgan fingerprint density at radius 2 is 2.00 bits per heavy atom. The smallest absolute Gasteiger partial charge is 0.0758 e. The molecule has 1 aliphatic heterocycles. The molecule has 0 aromatic carbocycles. The lowest BCUT2D eigenvalue weighted by Gasteiger charge is -2.25. The van der Waals surface area contributed by atoms with E-state index in [4.69, 9.17) is 0 Å². The Balaban J connectivity index is 2.39. The minimum absolute atomic E-state index is 0.417. The van der Waals surface area contributed by atoms with Crippen molar-refractivity contribution >= 4 is 8.07 Å². The van der Waals surface area contributed by atoms with E-state index in [0.717, 1.165) is 19.5 Å². The summed E-state index contributed by atoms with van der Waals surface area (Å²) in [5.41, 5.74) is -0.417. The van der Waals surface area contributed by atoms with Crippen molar-refractivity contribution in [1.82, 2.24) is 4.90 Å². The summed E-state index contributed by atoms with van der Waals surface area (Å²) < 4.78 is 0. The van der Waals surface area contributed by atoms with Gasteiger partial charge >= 0.3 is 0 Å². The average molecular weight is 187 g/mol. The third kappa shape index (κ3) is 3.25. The van der Waals surface area contributed by atoms with E-state index >= 15 is 0 Å². The van der Waals surface area contributed by atoms with Crippen LogP contribution in [0, 0.1) is 0 Å². The van der Waals surface area contributed by atoms with E-state index in [1.807, 2.05) is 6.92 Å². The van der Waals surface area contributed by atoms with E-state index in [0.29, 0.717) is 0 Å². The van der Waals surface area contributed by atoms with E-state index in [1.54, 1.807) is 0 Å². The van der Waals surface area contributed by atoms with Gasteiger partial charge in [-0.1, -0.05) is 19.6 Å². The fourth-order valence-electron chi connectivity index (χ4n) is 1.84. The fraction of sp³-hybridized carbons (Fsp3) is 1.00. The zero-order valence-corrected chi connectivity index (χ0v) is 9.72. The standard InChI is InChI=1S/C9H21NOSi/c1-9(11)5-6-10(7-9)8-12(2,3)4/h11H,5-8H2,1-4H3. The molecule has 1 aliphatic rings. The third-order valence-corrected chi connectivity index (χ3v) is 3.62. The van der Waals surface area contributed by atoms with Crippen molar-refractivity contribution in [3.63, 3.8) is 0 Å². The lowest BCUT2D eigenvalue weighted by molar-refractivity contribution is 0.0708. The predicted molar refractivity (Wildman–Crippen MR) is 55.0 cm³/mol. The summed E-state index contributed by atoms with van der Waals surface area (Å²) in [4.78, 5) is 2.41. The first kappa shape index (κ1) is 10.2. The highest BCUT2D eigenvalue weighted by molar-refractivity contribution is 6.76. The van der Waals surface area contributed by atoms with Crippen LogP contribution in [0.1, 0.15) is 13.3 Å². The molecule has 1 unspecified atom stereocenters. The monoisotopic (exact) mass is 187 g/mol. The Labute approximate surface area is 76.6 Å². The fourth-order valence-corrected chi connectivity index (χ4v) is 3.46. The molecule has 12 heavy (non-hydrogen) atoms. The topological polar surface area (TPSA) is 23.5 Å². The molecule has 0 bridgehead atoms. The van der Waals surface area contributed by atoms with Crippen LogP contribution < -0.4 is 0 Å². The normalized spacial score (nSPS) is 32.8. The molecular weight excluding hydrogens is 166 g/mol. The van der Waals surface area contributed by atoms with Crippen LogP contribution >= 0.6 is 0 Å². The molecule has 1 fully saturated rings. The van der Waals surface area contributed by atoms with Crippen LogP contribution in [0.4, 0.5) is 0 Å². The van der Waals surface area contributed by atoms with Gasteiger partial charge in [-0.3, -0.25) is 0 Å². The molecule has 2 nitrogen and oxygen atoms in total. The summed E-state index contributed by atoms with van der Waals surface area (Å²) in [6.45, 7) is 11.0. The van der Waals surface area contributed by atoms with Gasteiger partial charge in [0.25, 0.3) is 0 Å². The molecule has 0 amide bonds. The van der Waals surface area contributed by atoms with Crippen molar-refractivity contribution < 1.29 is 5.11 Å². The van der Waals surface area contributed by atoms with Gasteiger partial charge in [-0.15, -0.1) is 0 Å². The Morgan fingerprint density at radius 3 is 2.33 bits per heavy atom. The van der Waals surface area contributed by atoms with Crippen LogP contribution in [0.5, 0.6) is 0 Å². The van der Waals surface area contributed by atoms with Gasteiger partial charge in [-0.25, -0.2) is 0 Å². The number of rotatable bonds is 2. The Kier molecular flexibility index (Phi) is 2.66. The SMILES string of the molecule is CC1(O)CCN(C[Si](C)(C)C)C1. The molecule has 1 saturated heterocycles. The number of hydrogen-bond donors (Lipinski definition) is 1. The zero-order valence-electron chi connectivity index (χ0n) is 8.72. The van der Waals surface area contributed by atoms with Crippen molar-refractivity contribution in [2.24, 2.45) is 0 Å². The third-order valence-electron chi connectivity index (χ3n) is 2.23. The molecule has 1 N–H and O–H groups in total. The molecule has 0 aliphatic carbocycles. The van der Waals surface area contributed by atoms with Crippen LogP contribution in [-0.4, -0.2) is 42.9 Å². The second kappa shape index (κ2) is 3.12. The molecular formula is C9H21NOSi. The van der Waals surface area contributed by atoms with Gasteiger partial charge in [0, 0.05) is 13.1 Å². The van der Waals surface area contributed by atoms with Gasteiger partial charge < -0.3 is 10.0 Å².